The lowest BCUT2D eigenvalue weighted by atomic mass is 10.1. The zero-order valence-electron chi connectivity index (χ0n) is 13.7. The summed E-state index contributed by atoms with van der Waals surface area (Å²) >= 11 is 0. The summed E-state index contributed by atoms with van der Waals surface area (Å²) in [5.74, 6) is 0.514. The van der Waals surface area contributed by atoms with Gasteiger partial charge in [0.1, 0.15) is 11.5 Å². The van der Waals surface area contributed by atoms with Crippen LogP contribution in [0.1, 0.15) is 42.7 Å². The van der Waals surface area contributed by atoms with Crippen LogP contribution in [0.5, 0.6) is 0 Å². The van der Waals surface area contributed by atoms with Crippen molar-refractivity contribution >= 4 is 11.7 Å². The molecule has 0 aliphatic rings. The molecule has 0 radical (unpaired) electrons. The maximum atomic E-state index is 11.9. The molecule has 0 aliphatic carbocycles. The van der Waals surface area contributed by atoms with Gasteiger partial charge >= 0.3 is 0 Å². The van der Waals surface area contributed by atoms with Gasteiger partial charge in [0, 0.05) is 12.6 Å². The Morgan fingerprint density at radius 3 is 2.61 bits per heavy atom. The Bertz CT molecular complexity index is 598. The molecular weight excluding hydrogens is 288 g/mol. The summed E-state index contributed by atoms with van der Waals surface area (Å²) in [5.41, 5.74) is 1.68. The van der Waals surface area contributed by atoms with Crippen molar-refractivity contribution in [3.63, 3.8) is 0 Å². The number of benzene rings is 1. The van der Waals surface area contributed by atoms with Crippen LogP contribution < -0.4 is 10.6 Å². The lowest BCUT2D eigenvalue weighted by Gasteiger charge is -2.11. The number of nitrogens with one attached hydrogen (secondary N) is 2. The molecule has 1 amide bonds. The van der Waals surface area contributed by atoms with Crippen LogP contribution >= 0.6 is 0 Å². The first-order valence-electron chi connectivity index (χ1n) is 8.09. The first-order chi connectivity index (χ1) is 11.2. The molecule has 2 rings (SSSR count). The highest BCUT2D eigenvalue weighted by atomic mass is 16.1. The topological polar surface area (TPSA) is 66.9 Å². The van der Waals surface area contributed by atoms with Crippen LogP contribution in [0.2, 0.25) is 0 Å². The first-order valence-corrected chi connectivity index (χ1v) is 8.09. The fraction of sp³-hybridized carbons (Fsp3) is 0.389. The summed E-state index contributed by atoms with van der Waals surface area (Å²) in [6, 6.07) is 10.5. The number of aryl methyl sites for hydroxylation is 1. The molecule has 1 heterocycles. The molecule has 1 aromatic carbocycles. The largest absolute Gasteiger partial charge is 0.369 e. The molecule has 0 saturated heterocycles. The minimum Gasteiger partial charge on any atom is -0.369 e. The van der Waals surface area contributed by atoms with Crippen LogP contribution in [0.15, 0.2) is 42.7 Å². The van der Waals surface area contributed by atoms with Gasteiger partial charge in [-0.15, -0.1) is 0 Å². The van der Waals surface area contributed by atoms with E-state index in [1.54, 1.807) is 6.20 Å². The number of carbonyl (C=O) groups excluding carboxylic acids is 1. The Balaban J connectivity index is 1.75. The molecule has 0 saturated carbocycles. The number of hydrogen-bond acceptors (Lipinski definition) is 4. The van der Waals surface area contributed by atoms with Crippen molar-refractivity contribution in [1.82, 2.24) is 15.3 Å². The van der Waals surface area contributed by atoms with Crippen molar-refractivity contribution in [3.05, 3.63) is 54.0 Å². The average molecular weight is 312 g/mol. The Morgan fingerprint density at radius 1 is 1.17 bits per heavy atom. The second-order valence-electron chi connectivity index (χ2n) is 5.59. The van der Waals surface area contributed by atoms with E-state index >= 15 is 0 Å². The van der Waals surface area contributed by atoms with Gasteiger partial charge in [0.15, 0.2) is 0 Å². The van der Waals surface area contributed by atoms with Crippen LogP contribution in [0.4, 0.5) is 5.82 Å². The van der Waals surface area contributed by atoms with E-state index in [4.69, 9.17) is 0 Å². The molecule has 5 heteroatoms. The molecule has 1 unspecified atom stereocenters. The first kappa shape index (κ1) is 16.9. The summed E-state index contributed by atoms with van der Waals surface area (Å²) in [5, 5.41) is 6.10. The Kier molecular flexibility index (Phi) is 6.54. The number of nitrogens with zero attached hydrogens (tertiary/aromatic N) is 2. The van der Waals surface area contributed by atoms with Crippen molar-refractivity contribution in [2.45, 2.75) is 39.2 Å². The number of amides is 1. The van der Waals surface area contributed by atoms with Crippen molar-refractivity contribution in [2.75, 3.05) is 11.9 Å². The third-order valence-corrected chi connectivity index (χ3v) is 3.67. The van der Waals surface area contributed by atoms with E-state index in [1.165, 1.54) is 11.8 Å². The van der Waals surface area contributed by atoms with Crippen LogP contribution in [-0.2, 0) is 6.42 Å². The molecule has 0 spiro atoms. The lowest BCUT2D eigenvalue weighted by Crippen LogP contribution is -2.32. The van der Waals surface area contributed by atoms with Crippen LogP contribution in [-0.4, -0.2) is 28.5 Å². The van der Waals surface area contributed by atoms with Crippen molar-refractivity contribution < 1.29 is 4.79 Å². The van der Waals surface area contributed by atoms with Gasteiger partial charge in [-0.1, -0.05) is 37.3 Å². The summed E-state index contributed by atoms with van der Waals surface area (Å²) < 4.78 is 0. The third-order valence-electron chi connectivity index (χ3n) is 3.67. The van der Waals surface area contributed by atoms with Gasteiger partial charge in [-0.3, -0.25) is 4.79 Å². The summed E-state index contributed by atoms with van der Waals surface area (Å²) in [4.78, 5) is 20.3. The summed E-state index contributed by atoms with van der Waals surface area (Å²) in [6.45, 7) is 4.81. The minimum absolute atomic E-state index is 0.139. The number of aromatic nitrogens is 2. The standard InChI is InChI=1S/C18H24N4O/c1-3-14(2)22-18(23)16-12-21-17(13-20-16)19-11-7-10-15-8-5-4-6-9-15/h4-6,8-9,12-14H,3,7,10-11H2,1-2H3,(H,19,21)(H,22,23). The van der Waals surface area contributed by atoms with E-state index in [-0.39, 0.29) is 11.9 Å². The number of carbonyl (C=O) groups is 1. The maximum Gasteiger partial charge on any atom is 0.271 e. The SMILES string of the molecule is CCC(C)NC(=O)c1cnc(NCCCc2ccccc2)cn1. The van der Waals surface area contributed by atoms with Gasteiger partial charge in [0.2, 0.25) is 0 Å². The van der Waals surface area contributed by atoms with Gasteiger partial charge < -0.3 is 10.6 Å². The molecular formula is C18H24N4O. The van der Waals surface area contributed by atoms with Gasteiger partial charge in [0.05, 0.1) is 12.4 Å². The second kappa shape index (κ2) is 8.88. The number of anilines is 1. The Morgan fingerprint density at radius 2 is 1.96 bits per heavy atom. The van der Waals surface area contributed by atoms with E-state index in [0.29, 0.717) is 11.5 Å². The summed E-state index contributed by atoms with van der Waals surface area (Å²) in [7, 11) is 0. The van der Waals surface area contributed by atoms with Crippen LogP contribution in [0.25, 0.3) is 0 Å². The third kappa shape index (κ3) is 5.70. The molecule has 0 fully saturated rings. The molecule has 2 N–H and O–H groups in total. The van der Waals surface area contributed by atoms with Gasteiger partial charge in [-0.2, -0.15) is 0 Å². The van der Waals surface area contributed by atoms with Gasteiger partial charge in [0.25, 0.3) is 5.91 Å². The molecule has 122 valence electrons. The van der Waals surface area contributed by atoms with E-state index in [2.05, 4.69) is 44.9 Å². The van der Waals surface area contributed by atoms with Crippen LogP contribution in [0, 0.1) is 0 Å². The second-order valence-corrected chi connectivity index (χ2v) is 5.59. The lowest BCUT2D eigenvalue weighted by molar-refractivity contribution is 0.0934. The van der Waals surface area contributed by atoms with Crippen molar-refractivity contribution in [3.8, 4) is 0 Å². The zero-order valence-corrected chi connectivity index (χ0v) is 13.7. The van der Waals surface area contributed by atoms with Crippen molar-refractivity contribution in [1.29, 1.82) is 0 Å². The molecule has 2 aromatic rings. The quantitative estimate of drug-likeness (QED) is 0.735. The fourth-order valence-electron chi connectivity index (χ4n) is 2.09. The predicted molar refractivity (Wildman–Crippen MR) is 92.5 cm³/mol. The highest BCUT2D eigenvalue weighted by Crippen LogP contribution is 2.05. The number of hydrogen-bond donors (Lipinski definition) is 2. The monoisotopic (exact) mass is 312 g/mol. The molecule has 0 aliphatic heterocycles. The number of rotatable bonds is 8. The molecule has 5 nitrogen and oxygen atoms in total. The molecule has 23 heavy (non-hydrogen) atoms. The van der Waals surface area contributed by atoms with Crippen molar-refractivity contribution in [2.24, 2.45) is 0 Å². The highest BCUT2D eigenvalue weighted by molar-refractivity contribution is 5.92. The van der Waals surface area contributed by atoms with E-state index in [0.717, 1.165) is 25.8 Å². The highest BCUT2D eigenvalue weighted by Gasteiger charge is 2.10. The maximum absolute atomic E-state index is 11.9. The molecule has 0 bridgehead atoms. The van der Waals surface area contributed by atoms with Crippen LogP contribution in [0.3, 0.4) is 0 Å². The smallest absolute Gasteiger partial charge is 0.271 e. The van der Waals surface area contributed by atoms with E-state index in [1.807, 2.05) is 19.9 Å². The predicted octanol–water partition coefficient (Wildman–Crippen LogP) is 3.05. The minimum atomic E-state index is -0.178. The van der Waals surface area contributed by atoms with E-state index < -0.39 is 0 Å². The molecule has 1 atom stereocenters. The van der Waals surface area contributed by atoms with Gasteiger partial charge in [-0.05, 0) is 31.7 Å². The fourth-order valence-corrected chi connectivity index (χ4v) is 2.09. The zero-order chi connectivity index (χ0) is 16.5. The Hall–Kier alpha value is -2.43. The molecule has 1 aromatic heterocycles. The van der Waals surface area contributed by atoms with E-state index in [9.17, 15) is 4.79 Å². The Labute approximate surface area is 137 Å². The normalized spacial score (nSPS) is 11.7. The van der Waals surface area contributed by atoms with Gasteiger partial charge in [-0.25, -0.2) is 9.97 Å². The summed E-state index contributed by atoms with van der Waals surface area (Å²) in [6.07, 6.45) is 6.05. The average Bonchev–Trinajstić information content (AvgIpc) is 2.60.